The fraction of sp³-hybridized carbons (Fsp3) is 0.0426. The van der Waals surface area contributed by atoms with Crippen LogP contribution in [0.1, 0.15) is 0 Å². The second-order valence-electron chi connectivity index (χ2n) is 14.3. The summed E-state index contributed by atoms with van der Waals surface area (Å²) in [5, 5.41) is 5.09. The molecule has 0 amide bonds. The summed E-state index contributed by atoms with van der Waals surface area (Å²) in [5.74, 6) is 1.93. The van der Waals surface area contributed by atoms with Crippen molar-refractivity contribution in [2.24, 2.45) is 0 Å². The maximum atomic E-state index is 6.49. The Morgan fingerprint density at radius 3 is 1.63 bits per heavy atom. The molecule has 0 radical (unpaired) electrons. The van der Waals surface area contributed by atoms with Crippen LogP contribution in [0, 0.1) is 0 Å². The third-order valence-electron chi connectivity index (χ3n) is 10.8. The zero-order valence-corrected chi connectivity index (χ0v) is 30.1. The molecule has 0 bridgehead atoms. The molecule has 1 aliphatic rings. The summed E-state index contributed by atoms with van der Waals surface area (Å²) in [4.78, 5) is 15.4. The van der Waals surface area contributed by atoms with Crippen LogP contribution in [-0.2, 0) is 0 Å². The van der Waals surface area contributed by atoms with Gasteiger partial charge < -0.3 is 0 Å². The third kappa shape index (κ3) is 4.85. The van der Waals surface area contributed by atoms with Crippen LogP contribution < -0.4 is 10.4 Å². The van der Waals surface area contributed by atoms with E-state index in [1.54, 1.807) is 0 Å². The summed E-state index contributed by atoms with van der Waals surface area (Å²) in [5.41, 5.74) is 12.0. The maximum absolute atomic E-state index is 6.49. The van der Waals surface area contributed by atoms with Gasteiger partial charge in [0.25, 0.3) is 0 Å². The van der Waals surface area contributed by atoms with Crippen LogP contribution in [-0.4, -0.2) is 23.0 Å². The molecule has 0 saturated heterocycles. The number of hydrogen-bond donors (Lipinski definition) is 0. The standard InChI is InChI=1S/C47H34N3OSi/c1-52(2)42-27-25-34(29-40(42)38-23-13-21-36(44(38)52)31-16-8-4-9-17-31)47-49-45(32-18-10-5-11-19-32)48-46(50-47)33-24-26-41-39(28-33)37-22-12-20-35(43(37)51-41)30-14-6-3-7-15-30/h3-29,52H,1-2H3/q-1. The molecule has 0 unspecified atom stereocenters. The van der Waals surface area contributed by atoms with Crippen molar-refractivity contribution in [2.45, 2.75) is 13.1 Å². The molecule has 248 valence electrons. The van der Waals surface area contributed by atoms with Gasteiger partial charge in [-0.1, -0.05) is 42.5 Å². The first-order valence-electron chi connectivity index (χ1n) is 17.9. The van der Waals surface area contributed by atoms with E-state index in [1.807, 2.05) is 30.3 Å². The Kier molecular flexibility index (Phi) is 6.91. The Labute approximate surface area is 303 Å². The quantitative estimate of drug-likeness (QED) is 0.169. The Morgan fingerprint density at radius 2 is 0.942 bits per heavy atom. The predicted molar refractivity (Wildman–Crippen MR) is 218 cm³/mol. The topological polar surface area (TPSA) is 51.8 Å². The van der Waals surface area contributed by atoms with Gasteiger partial charge in [0.05, 0.1) is 0 Å². The third-order valence-corrected chi connectivity index (χ3v) is 14.9. The molecule has 0 spiro atoms. The van der Waals surface area contributed by atoms with E-state index in [0.717, 1.165) is 49.8 Å². The summed E-state index contributed by atoms with van der Waals surface area (Å²) in [6, 6.07) is 57.6. The average molecular weight is 685 g/mol. The van der Waals surface area contributed by atoms with Gasteiger partial charge in [-0.3, -0.25) is 0 Å². The molecule has 4 nitrogen and oxygen atoms in total. The van der Waals surface area contributed by atoms with Crippen molar-refractivity contribution in [1.29, 1.82) is 0 Å². The van der Waals surface area contributed by atoms with Crippen molar-refractivity contribution < 1.29 is 4.42 Å². The Hall–Kier alpha value is -6.43. The van der Waals surface area contributed by atoms with Crippen molar-refractivity contribution in [1.82, 2.24) is 15.0 Å². The van der Waals surface area contributed by atoms with Gasteiger partial charge in [-0.15, -0.1) is 0 Å². The first-order chi connectivity index (χ1) is 25.5. The Balaban J connectivity index is 1.13. The zero-order chi connectivity index (χ0) is 34.8. The number of furan rings is 1. The van der Waals surface area contributed by atoms with Gasteiger partial charge in [-0.05, 0) is 5.56 Å². The van der Waals surface area contributed by atoms with Gasteiger partial charge >= 0.3 is 251 Å². The Bertz CT molecular complexity index is 2810. The van der Waals surface area contributed by atoms with Crippen LogP contribution in [0.4, 0.5) is 0 Å². The van der Waals surface area contributed by atoms with E-state index in [-0.39, 0.29) is 0 Å². The van der Waals surface area contributed by atoms with Crippen LogP contribution in [0.2, 0.25) is 13.1 Å². The predicted octanol–water partition coefficient (Wildman–Crippen LogP) is 10.6. The van der Waals surface area contributed by atoms with Crippen LogP contribution in [0.3, 0.4) is 0 Å². The number of benzene rings is 7. The molecule has 0 saturated carbocycles. The van der Waals surface area contributed by atoms with E-state index in [4.69, 9.17) is 19.4 Å². The van der Waals surface area contributed by atoms with Crippen LogP contribution in [0.15, 0.2) is 168 Å². The van der Waals surface area contributed by atoms with Crippen LogP contribution in [0.5, 0.6) is 0 Å². The second-order valence-corrected chi connectivity index (χ2v) is 19.3. The van der Waals surface area contributed by atoms with Gasteiger partial charge in [0.1, 0.15) is 0 Å². The van der Waals surface area contributed by atoms with Gasteiger partial charge in [0.2, 0.25) is 0 Å². The van der Waals surface area contributed by atoms with Crippen molar-refractivity contribution in [2.75, 3.05) is 0 Å². The van der Waals surface area contributed by atoms with Crippen molar-refractivity contribution in [3.63, 3.8) is 0 Å². The molecule has 1 aliphatic heterocycles. The monoisotopic (exact) mass is 684 g/mol. The molecule has 2 aromatic heterocycles. The van der Waals surface area contributed by atoms with E-state index in [2.05, 4.69) is 147 Å². The first kappa shape index (κ1) is 30.4. The summed E-state index contributed by atoms with van der Waals surface area (Å²) in [6.45, 7) is 4.99. The first-order valence-corrected chi connectivity index (χ1v) is 21.4. The van der Waals surface area contributed by atoms with E-state index in [0.29, 0.717) is 17.5 Å². The molecule has 3 heterocycles. The van der Waals surface area contributed by atoms with E-state index in [9.17, 15) is 0 Å². The number of fused-ring (bicyclic) bond motifs is 6. The fourth-order valence-electron chi connectivity index (χ4n) is 8.29. The van der Waals surface area contributed by atoms with Gasteiger partial charge in [-0.2, -0.15) is 0 Å². The number of aromatic nitrogens is 3. The van der Waals surface area contributed by atoms with Gasteiger partial charge in [0, 0.05) is 5.56 Å². The molecule has 0 fully saturated rings. The normalized spacial score (nSPS) is 13.6. The molecule has 0 N–H and O–H groups in total. The number of rotatable bonds is 5. The van der Waals surface area contributed by atoms with Crippen molar-refractivity contribution >= 4 is 40.4 Å². The van der Waals surface area contributed by atoms with Crippen LogP contribution in [0.25, 0.3) is 89.5 Å². The average Bonchev–Trinajstić information content (AvgIpc) is 3.70. The Morgan fingerprint density at radius 1 is 0.404 bits per heavy atom. The van der Waals surface area contributed by atoms with Gasteiger partial charge in [-0.25, -0.2) is 0 Å². The molecule has 9 aromatic rings. The zero-order valence-electron chi connectivity index (χ0n) is 28.9. The van der Waals surface area contributed by atoms with E-state index < -0.39 is 8.07 Å². The summed E-state index contributed by atoms with van der Waals surface area (Å²) < 4.78 is 6.49. The number of para-hydroxylation sites is 1. The van der Waals surface area contributed by atoms with Crippen LogP contribution >= 0.6 is 0 Å². The molecule has 10 rings (SSSR count). The molecule has 0 atom stereocenters. The van der Waals surface area contributed by atoms with Crippen molar-refractivity contribution in [3.8, 4) is 67.5 Å². The summed E-state index contributed by atoms with van der Waals surface area (Å²) in [7, 11) is -2.35. The minimum absolute atomic E-state index is 0.628. The molecule has 52 heavy (non-hydrogen) atoms. The fourth-order valence-corrected chi connectivity index (χ4v) is 12.3. The van der Waals surface area contributed by atoms with E-state index >= 15 is 0 Å². The van der Waals surface area contributed by atoms with E-state index in [1.165, 1.54) is 32.6 Å². The van der Waals surface area contributed by atoms with Gasteiger partial charge in [0.15, 0.2) is 0 Å². The molecule has 7 aromatic carbocycles. The minimum atomic E-state index is -2.35. The molecular weight excluding hydrogens is 651 g/mol. The molecular formula is C47H34N3OSi-. The molecule has 0 aliphatic carbocycles. The second kappa shape index (κ2) is 11.8. The van der Waals surface area contributed by atoms with Crippen molar-refractivity contribution in [3.05, 3.63) is 164 Å². The SMILES string of the molecule is C[SiH-]1(C)c2ccc(-c3nc(-c4ccccc4)nc(-c4ccc5oc6c(-c7ccccc7)cccc6c5c4)n3)cc2-c2cccc(-c3ccccc3)c21. The number of nitrogens with zero attached hydrogens (tertiary/aromatic N) is 3. The number of hydrogen-bond acceptors (Lipinski definition) is 4. The summed E-state index contributed by atoms with van der Waals surface area (Å²) in [6.07, 6.45) is 0. The molecule has 5 heteroatoms. The summed E-state index contributed by atoms with van der Waals surface area (Å²) >= 11 is 0.